The second kappa shape index (κ2) is 12.2. The molecule has 1 amide bonds. The normalized spacial score (nSPS) is 15.4. The number of nitrogens with zero attached hydrogens (tertiary/aromatic N) is 5. The largest absolute Gasteiger partial charge is 0.379 e. The molecule has 40 heavy (non-hydrogen) atoms. The van der Waals surface area contributed by atoms with E-state index >= 15 is 0 Å². The van der Waals surface area contributed by atoms with Gasteiger partial charge in [0.05, 0.1) is 27.7 Å². The fourth-order valence-electron chi connectivity index (χ4n) is 5.09. The van der Waals surface area contributed by atoms with Crippen LogP contribution in [0.3, 0.4) is 0 Å². The summed E-state index contributed by atoms with van der Waals surface area (Å²) in [5.74, 6) is -0.214. The molecule has 0 saturated carbocycles. The second-order valence-electron chi connectivity index (χ2n) is 10.0. The molecule has 0 bridgehead atoms. The summed E-state index contributed by atoms with van der Waals surface area (Å²) in [5, 5.41) is 9.16. The predicted molar refractivity (Wildman–Crippen MR) is 156 cm³/mol. The van der Waals surface area contributed by atoms with Gasteiger partial charge in [0.15, 0.2) is 6.04 Å². The van der Waals surface area contributed by atoms with E-state index in [1.807, 2.05) is 41.5 Å². The summed E-state index contributed by atoms with van der Waals surface area (Å²) in [6, 6.07) is 4.46. The monoisotopic (exact) mass is 607 g/mol. The highest BCUT2D eigenvalue weighted by Crippen LogP contribution is 2.34. The first-order valence-corrected chi connectivity index (χ1v) is 15.4. The molecular formula is C28H35Cl2N5O4S. The summed E-state index contributed by atoms with van der Waals surface area (Å²) in [4.78, 5) is 15.7. The maximum absolute atomic E-state index is 13.8. The van der Waals surface area contributed by atoms with E-state index in [4.69, 9.17) is 27.9 Å². The van der Waals surface area contributed by atoms with Gasteiger partial charge in [-0.1, -0.05) is 40.5 Å². The SMILES string of the molecule is CCOCC(C(=O)N1CCN(S(=O)(=O)c2c(C)c(C)c(C)c(C)c2C)CC1)n1cc(-c2cccc(Cl)c2Cl)nn1. The van der Waals surface area contributed by atoms with Gasteiger partial charge in [0.1, 0.15) is 5.69 Å². The van der Waals surface area contributed by atoms with Crippen molar-refractivity contribution in [2.45, 2.75) is 52.5 Å². The van der Waals surface area contributed by atoms with Crippen LogP contribution >= 0.6 is 23.2 Å². The molecular weight excluding hydrogens is 573 g/mol. The quantitative estimate of drug-likeness (QED) is 0.361. The van der Waals surface area contributed by atoms with Crippen molar-refractivity contribution in [1.29, 1.82) is 0 Å². The lowest BCUT2D eigenvalue weighted by atomic mass is 9.95. The van der Waals surface area contributed by atoms with E-state index in [1.165, 1.54) is 8.99 Å². The average molecular weight is 609 g/mol. The molecule has 0 aliphatic carbocycles. The van der Waals surface area contributed by atoms with E-state index in [9.17, 15) is 13.2 Å². The van der Waals surface area contributed by atoms with Crippen molar-refractivity contribution in [1.82, 2.24) is 24.2 Å². The van der Waals surface area contributed by atoms with E-state index in [0.29, 0.717) is 32.8 Å². The lowest BCUT2D eigenvalue weighted by molar-refractivity contribution is -0.138. The van der Waals surface area contributed by atoms with Crippen LogP contribution in [0.15, 0.2) is 29.3 Å². The number of rotatable bonds is 8. The first kappa shape index (κ1) is 30.5. The zero-order valence-electron chi connectivity index (χ0n) is 23.7. The Labute approximate surface area is 246 Å². The molecule has 1 unspecified atom stereocenters. The number of ether oxygens (including phenoxy) is 1. The number of hydrogen-bond donors (Lipinski definition) is 0. The third-order valence-electron chi connectivity index (χ3n) is 7.90. The zero-order valence-corrected chi connectivity index (χ0v) is 26.0. The van der Waals surface area contributed by atoms with Crippen LogP contribution in [0.1, 0.15) is 40.8 Å². The van der Waals surface area contributed by atoms with Gasteiger partial charge in [-0.05, 0) is 75.4 Å². The molecule has 3 aromatic rings. The minimum absolute atomic E-state index is 0.0975. The summed E-state index contributed by atoms with van der Waals surface area (Å²) in [5.41, 5.74) is 5.72. The van der Waals surface area contributed by atoms with Crippen LogP contribution in [0, 0.1) is 34.6 Å². The molecule has 1 aliphatic rings. The van der Waals surface area contributed by atoms with Gasteiger partial charge in [0.2, 0.25) is 15.9 Å². The Morgan fingerprint density at radius 1 is 0.975 bits per heavy atom. The predicted octanol–water partition coefficient (Wildman–Crippen LogP) is 4.90. The molecule has 1 aliphatic heterocycles. The number of carbonyl (C=O) groups is 1. The Hall–Kier alpha value is -2.50. The Balaban J connectivity index is 1.54. The van der Waals surface area contributed by atoms with Crippen LogP contribution in [0.2, 0.25) is 10.0 Å². The number of piperazine rings is 1. The molecule has 1 aromatic heterocycles. The summed E-state index contributed by atoms with van der Waals surface area (Å²) in [6.07, 6.45) is 1.65. The highest BCUT2D eigenvalue weighted by molar-refractivity contribution is 7.89. The molecule has 216 valence electrons. The van der Waals surface area contributed by atoms with Crippen molar-refractivity contribution in [2.24, 2.45) is 0 Å². The van der Waals surface area contributed by atoms with Gasteiger partial charge >= 0.3 is 0 Å². The Kier molecular flexibility index (Phi) is 9.26. The van der Waals surface area contributed by atoms with E-state index in [-0.39, 0.29) is 38.7 Å². The Morgan fingerprint density at radius 2 is 1.57 bits per heavy atom. The van der Waals surface area contributed by atoms with E-state index in [0.717, 1.165) is 27.8 Å². The molecule has 1 saturated heterocycles. The van der Waals surface area contributed by atoms with Crippen molar-refractivity contribution < 1.29 is 17.9 Å². The van der Waals surface area contributed by atoms with E-state index in [1.54, 1.807) is 29.3 Å². The first-order chi connectivity index (χ1) is 18.9. The van der Waals surface area contributed by atoms with Crippen molar-refractivity contribution in [2.75, 3.05) is 39.4 Å². The van der Waals surface area contributed by atoms with Gasteiger partial charge in [-0.2, -0.15) is 4.31 Å². The maximum atomic E-state index is 13.8. The van der Waals surface area contributed by atoms with Crippen LogP contribution in [-0.2, 0) is 19.6 Å². The third kappa shape index (κ3) is 5.65. The molecule has 1 fully saturated rings. The van der Waals surface area contributed by atoms with Crippen LogP contribution in [0.5, 0.6) is 0 Å². The molecule has 0 N–H and O–H groups in total. The van der Waals surface area contributed by atoms with Crippen molar-refractivity contribution in [3.63, 3.8) is 0 Å². The molecule has 2 aromatic carbocycles. The summed E-state index contributed by atoms with van der Waals surface area (Å²) < 4.78 is 36.1. The zero-order chi connectivity index (χ0) is 29.4. The number of benzene rings is 2. The van der Waals surface area contributed by atoms with Gasteiger partial charge in [0.25, 0.3) is 0 Å². The highest BCUT2D eigenvalue weighted by atomic mass is 35.5. The average Bonchev–Trinajstić information content (AvgIpc) is 3.42. The smallest absolute Gasteiger partial charge is 0.249 e. The van der Waals surface area contributed by atoms with Crippen LogP contribution in [0.25, 0.3) is 11.3 Å². The highest BCUT2D eigenvalue weighted by Gasteiger charge is 2.36. The van der Waals surface area contributed by atoms with Crippen LogP contribution < -0.4 is 0 Å². The van der Waals surface area contributed by atoms with E-state index < -0.39 is 16.1 Å². The summed E-state index contributed by atoms with van der Waals surface area (Å²) in [6.45, 7) is 12.9. The molecule has 4 rings (SSSR count). The number of halogens is 2. The second-order valence-corrected chi connectivity index (χ2v) is 12.7. The van der Waals surface area contributed by atoms with Gasteiger partial charge in [-0.15, -0.1) is 5.10 Å². The number of aromatic nitrogens is 3. The fourth-order valence-corrected chi connectivity index (χ4v) is 7.47. The molecule has 1 atom stereocenters. The topological polar surface area (TPSA) is 97.6 Å². The number of carbonyl (C=O) groups excluding carboxylic acids is 1. The Bertz CT molecular complexity index is 1500. The molecule has 0 radical (unpaired) electrons. The number of amides is 1. The minimum Gasteiger partial charge on any atom is -0.379 e. The fraction of sp³-hybridized carbons (Fsp3) is 0.464. The molecule has 12 heteroatoms. The lowest BCUT2D eigenvalue weighted by Crippen LogP contribution is -2.52. The minimum atomic E-state index is -3.74. The standard InChI is InChI=1S/C28H35Cl2N5O4S/c1-7-39-16-25(35-15-24(31-32-35)22-9-8-10-23(29)26(22)30)28(36)33-11-13-34(14-12-33)40(37,38)27-20(5)18(3)17(2)19(4)21(27)6/h8-10,15,25H,7,11-14,16H2,1-6H3. The summed E-state index contributed by atoms with van der Waals surface area (Å²) >= 11 is 12.5. The molecule has 2 heterocycles. The van der Waals surface area contributed by atoms with Crippen molar-refractivity contribution >= 4 is 39.1 Å². The van der Waals surface area contributed by atoms with Gasteiger partial charge < -0.3 is 9.64 Å². The maximum Gasteiger partial charge on any atom is 0.249 e. The molecule has 9 nitrogen and oxygen atoms in total. The number of sulfonamides is 1. The van der Waals surface area contributed by atoms with Gasteiger partial charge in [-0.3, -0.25) is 4.79 Å². The number of hydrogen-bond acceptors (Lipinski definition) is 6. The Morgan fingerprint density at radius 3 is 2.17 bits per heavy atom. The van der Waals surface area contributed by atoms with Crippen molar-refractivity contribution in [3.8, 4) is 11.3 Å². The van der Waals surface area contributed by atoms with E-state index in [2.05, 4.69) is 10.3 Å². The van der Waals surface area contributed by atoms with Crippen LogP contribution in [0.4, 0.5) is 0 Å². The van der Waals surface area contributed by atoms with Gasteiger partial charge in [0, 0.05) is 38.3 Å². The van der Waals surface area contributed by atoms with Gasteiger partial charge in [-0.25, -0.2) is 13.1 Å². The molecule has 0 spiro atoms. The lowest BCUT2D eigenvalue weighted by Gasteiger charge is -2.36. The van der Waals surface area contributed by atoms with Crippen LogP contribution in [-0.4, -0.2) is 77.9 Å². The third-order valence-corrected chi connectivity index (χ3v) is 10.9. The van der Waals surface area contributed by atoms with Crippen molar-refractivity contribution in [3.05, 3.63) is 62.3 Å². The summed E-state index contributed by atoms with van der Waals surface area (Å²) in [7, 11) is -3.74. The first-order valence-electron chi connectivity index (χ1n) is 13.2.